The van der Waals surface area contributed by atoms with Crippen LogP contribution in [0, 0.1) is 11.3 Å². The molecule has 1 fully saturated rings. The highest BCUT2D eigenvalue weighted by Crippen LogP contribution is 2.11. The molecule has 0 bridgehead atoms. The second-order valence-corrected chi connectivity index (χ2v) is 4.50. The maximum Gasteiger partial charge on any atom is 0.312 e. The molecule has 1 aromatic carbocycles. The minimum absolute atomic E-state index is 0.314. The van der Waals surface area contributed by atoms with E-state index < -0.39 is 11.8 Å². The summed E-state index contributed by atoms with van der Waals surface area (Å²) < 4.78 is 5.49. The van der Waals surface area contributed by atoms with Crippen molar-refractivity contribution in [1.29, 1.82) is 5.26 Å². The average Bonchev–Trinajstić information content (AvgIpc) is 2.48. The molecule has 0 N–H and O–H groups in total. The minimum atomic E-state index is -0.484. The third-order valence-electron chi connectivity index (χ3n) is 3.14. The Morgan fingerprint density at radius 2 is 1.90 bits per heavy atom. The molecule has 0 atom stereocenters. The van der Waals surface area contributed by atoms with Crippen molar-refractivity contribution in [3.05, 3.63) is 29.8 Å². The van der Waals surface area contributed by atoms with Crippen LogP contribution in [0.4, 0.5) is 0 Å². The summed E-state index contributed by atoms with van der Waals surface area (Å²) >= 11 is 0. The lowest BCUT2D eigenvalue weighted by Crippen LogP contribution is -2.53. The zero-order valence-corrected chi connectivity index (χ0v) is 11.2. The number of piperazine rings is 1. The second kappa shape index (κ2) is 6.06. The van der Waals surface area contributed by atoms with E-state index >= 15 is 0 Å². The van der Waals surface area contributed by atoms with Crippen LogP contribution in [0.5, 0.6) is 5.75 Å². The Bertz CT molecular complexity index is 548. The van der Waals surface area contributed by atoms with Crippen molar-refractivity contribution in [2.75, 3.05) is 33.3 Å². The van der Waals surface area contributed by atoms with Gasteiger partial charge < -0.3 is 14.5 Å². The maximum atomic E-state index is 11.7. The number of hydrogen-bond donors (Lipinski definition) is 0. The molecule has 1 aliphatic rings. The van der Waals surface area contributed by atoms with E-state index in [-0.39, 0.29) is 0 Å². The molecule has 0 aliphatic carbocycles. The largest absolute Gasteiger partial charge is 0.492 e. The van der Waals surface area contributed by atoms with E-state index in [1.807, 2.05) is 6.07 Å². The van der Waals surface area contributed by atoms with Crippen LogP contribution in [-0.4, -0.2) is 54.9 Å². The van der Waals surface area contributed by atoms with Gasteiger partial charge in [0.25, 0.3) is 0 Å². The Morgan fingerprint density at radius 3 is 2.55 bits per heavy atom. The van der Waals surface area contributed by atoms with Crippen LogP contribution >= 0.6 is 0 Å². The fraction of sp³-hybridized carbons (Fsp3) is 0.357. The number of carbonyl (C=O) groups is 2. The summed E-state index contributed by atoms with van der Waals surface area (Å²) in [5.41, 5.74) is 0.567. The Labute approximate surface area is 117 Å². The first-order valence-electron chi connectivity index (χ1n) is 6.29. The lowest BCUT2D eigenvalue weighted by Gasteiger charge is -2.31. The summed E-state index contributed by atoms with van der Waals surface area (Å²) in [6.07, 6.45) is 0. The van der Waals surface area contributed by atoms with Gasteiger partial charge in [-0.3, -0.25) is 9.59 Å². The zero-order valence-electron chi connectivity index (χ0n) is 11.2. The van der Waals surface area contributed by atoms with Gasteiger partial charge in [0.15, 0.2) is 0 Å². The number of rotatable bonds is 4. The van der Waals surface area contributed by atoms with Crippen molar-refractivity contribution < 1.29 is 14.3 Å². The van der Waals surface area contributed by atoms with Gasteiger partial charge in [-0.25, -0.2) is 0 Å². The summed E-state index contributed by atoms with van der Waals surface area (Å²) in [6, 6.07) is 8.77. The number of nitriles is 1. The molecule has 2 amide bonds. The van der Waals surface area contributed by atoms with Crippen molar-refractivity contribution >= 4 is 11.8 Å². The van der Waals surface area contributed by atoms with Crippen LogP contribution in [0.3, 0.4) is 0 Å². The van der Waals surface area contributed by atoms with Gasteiger partial charge in [-0.1, -0.05) is 0 Å². The smallest absolute Gasteiger partial charge is 0.312 e. The number of benzene rings is 1. The molecule has 0 spiro atoms. The quantitative estimate of drug-likeness (QED) is 0.736. The topological polar surface area (TPSA) is 73.6 Å². The lowest BCUT2D eigenvalue weighted by molar-refractivity contribution is -0.155. The summed E-state index contributed by atoms with van der Waals surface area (Å²) in [6.45, 7) is 1.76. The minimum Gasteiger partial charge on any atom is -0.492 e. The molecule has 6 nitrogen and oxygen atoms in total. The molecular weight excluding hydrogens is 258 g/mol. The van der Waals surface area contributed by atoms with Crippen molar-refractivity contribution in [3.63, 3.8) is 0 Å². The summed E-state index contributed by atoms with van der Waals surface area (Å²) in [4.78, 5) is 26.1. The fourth-order valence-corrected chi connectivity index (χ4v) is 1.89. The van der Waals surface area contributed by atoms with E-state index in [4.69, 9.17) is 10.00 Å². The third-order valence-corrected chi connectivity index (χ3v) is 3.14. The van der Waals surface area contributed by atoms with Crippen LogP contribution in [-0.2, 0) is 9.59 Å². The summed E-state index contributed by atoms with van der Waals surface area (Å²) in [5.74, 6) is -0.325. The molecule has 20 heavy (non-hydrogen) atoms. The van der Waals surface area contributed by atoms with Gasteiger partial charge in [0.2, 0.25) is 0 Å². The number of ether oxygens (including phenoxy) is 1. The van der Waals surface area contributed by atoms with Crippen LogP contribution < -0.4 is 4.74 Å². The fourth-order valence-electron chi connectivity index (χ4n) is 1.89. The molecular formula is C14H15N3O3. The highest BCUT2D eigenvalue weighted by Gasteiger charge is 2.29. The number of hydrogen-bond acceptors (Lipinski definition) is 4. The van der Waals surface area contributed by atoms with E-state index in [2.05, 4.69) is 0 Å². The van der Waals surface area contributed by atoms with Gasteiger partial charge in [-0.2, -0.15) is 5.26 Å². The van der Waals surface area contributed by atoms with Gasteiger partial charge in [0.1, 0.15) is 12.4 Å². The van der Waals surface area contributed by atoms with Crippen LogP contribution in [0.2, 0.25) is 0 Å². The number of likely N-dealkylation sites (N-methyl/N-ethyl adjacent to an activating group) is 1. The molecule has 104 valence electrons. The van der Waals surface area contributed by atoms with E-state index in [1.54, 1.807) is 31.3 Å². The third kappa shape index (κ3) is 3.06. The van der Waals surface area contributed by atoms with Gasteiger partial charge in [0, 0.05) is 20.1 Å². The molecule has 1 aliphatic heterocycles. The first-order valence-corrected chi connectivity index (χ1v) is 6.29. The molecule has 2 rings (SSSR count). The van der Waals surface area contributed by atoms with Gasteiger partial charge in [-0.05, 0) is 24.3 Å². The van der Waals surface area contributed by atoms with Crippen molar-refractivity contribution in [2.45, 2.75) is 0 Å². The monoisotopic (exact) mass is 273 g/mol. The lowest BCUT2D eigenvalue weighted by atomic mass is 10.2. The molecule has 6 heteroatoms. The van der Waals surface area contributed by atoms with Gasteiger partial charge >= 0.3 is 11.8 Å². The average molecular weight is 273 g/mol. The van der Waals surface area contributed by atoms with Crippen LogP contribution in [0.1, 0.15) is 5.56 Å². The Balaban J connectivity index is 1.82. The van der Waals surface area contributed by atoms with Crippen molar-refractivity contribution in [2.24, 2.45) is 0 Å². The van der Waals surface area contributed by atoms with E-state index in [0.717, 1.165) is 0 Å². The predicted octanol–water partition coefficient (Wildman–Crippen LogP) is 0.238. The van der Waals surface area contributed by atoms with Crippen LogP contribution in [0.25, 0.3) is 0 Å². The first-order chi connectivity index (χ1) is 9.61. The SMILES string of the molecule is CN1CCN(CCOc2ccc(C#N)cc2)C(=O)C1=O. The Morgan fingerprint density at radius 1 is 1.20 bits per heavy atom. The summed E-state index contributed by atoms with van der Waals surface area (Å²) in [7, 11) is 1.62. The maximum absolute atomic E-state index is 11.7. The number of nitrogens with zero attached hydrogens (tertiary/aromatic N) is 3. The molecule has 0 unspecified atom stereocenters. The van der Waals surface area contributed by atoms with Crippen molar-refractivity contribution in [1.82, 2.24) is 9.80 Å². The zero-order chi connectivity index (χ0) is 14.5. The number of amides is 2. The van der Waals surface area contributed by atoms with Crippen LogP contribution in [0.15, 0.2) is 24.3 Å². The highest BCUT2D eigenvalue weighted by atomic mass is 16.5. The molecule has 1 saturated heterocycles. The van der Waals surface area contributed by atoms with E-state index in [1.165, 1.54) is 9.80 Å². The summed E-state index contributed by atoms with van der Waals surface area (Å²) in [5, 5.41) is 8.68. The standard InChI is InChI=1S/C14H15N3O3/c1-16-6-7-17(14(19)13(16)18)8-9-20-12-4-2-11(10-15)3-5-12/h2-5H,6-9H2,1H3. The second-order valence-electron chi connectivity index (χ2n) is 4.50. The first kappa shape index (κ1) is 13.9. The molecule has 0 aromatic heterocycles. The van der Waals surface area contributed by atoms with Gasteiger partial charge in [0.05, 0.1) is 18.2 Å². The number of carbonyl (C=O) groups excluding carboxylic acids is 2. The van der Waals surface area contributed by atoms with Crippen molar-refractivity contribution in [3.8, 4) is 11.8 Å². The molecule has 0 saturated carbocycles. The Kier molecular flexibility index (Phi) is 4.20. The molecule has 1 aromatic rings. The van der Waals surface area contributed by atoms with E-state index in [9.17, 15) is 9.59 Å². The molecule has 1 heterocycles. The van der Waals surface area contributed by atoms with E-state index in [0.29, 0.717) is 37.6 Å². The molecule has 0 radical (unpaired) electrons. The Hall–Kier alpha value is -2.55. The predicted molar refractivity (Wildman–Crippen MR) is 70.9 cm³/mol. The van der Waals surface area contributed by atoms with Gasteiger partial charge in [-0.15, -0.1) is 0 Å². The highest BCUT2D eigenvalue weighted by molar-refractivity contribution is 6.35. The normalized spacial score (nSPS) is 15.2.